The molecule has 7 nitrogen and oxygen atoms in total. The van der Waals surface area contributed by atoms with Gasteiger partial charge >= 0.3 is 0 Å². The standard InChI is InChI=1S/C21H31N5O2S2.HI/c1-4-22-21(24-15-20-16(2)25-17(3)29-20)23-14-18-8-10-19(11-9-18)30(27,28)26-12-6-5-7-13-26;/h8-11H,4-7,12-15H2,1-3H3,(H2,22,23,24);1H. The molecule has 0 unspecified atom stereocenters. The lowest BCUT2D eigenvalue weighted by molar-refractivity contribution is 0.346. The molecule has 0 aliphatic carbocycles. The highest BCUT2D eigenvalue weighted by Crippen LogP contribution is 2.21. The predicted molar refractivity (Wildman–Crippen MR) is 138 cm³/mol. The van der Waals surface area contributed by atoms with Gasteiger partial charge in [-0.3, -0.25) is 0 Å². The Morgan fingerprint density at radius 1 is 1.13 bits per heavy atom. The van der Waals surface area contributed by atoms with Crippen molar-refractivity contribution in [2.24, 2.45) is 4.99 Å². The van der Waals surface area contributed by atoms with Crippen LogP contribution in [0.2, 0.25) is 0 Å². The normalized spacial score (nSPS) is 15.4. The van der Waals surface area contributed by atoms with E-state index in [9.17, 15) is 8.42 Å². The van der Waals surface area contributed by atoms with Gasteiger partial charge in [0.2, 0.25) is 10.0 Å². The largest absolute Gasteiger partial charge is 0.357 e. The number of sulfonamides is 1. The van der Waals surface area contributed by atoms with Gasteiger partial charge in [0.25, 0.3) is 0 Å². The number of rotatable bonds is 7. The second-order valence-corrected chi connectivity index (χ2v) is 10.6. The molecule has 2 aromatic rings. The van der Waals surface area contributed by atoms with E-state index in [1.165, 1.54) is 4.88 Å². The third-order valence-electron chi connectivity index (χ3n) is 5.06. The van der Waals surface area contributed by atoms with Crippen LogP contribution in [0.3, 0.4) is 0 Å². The lowest BCUT2D eigenvalue weighted by Crippen LogP contribution is -2.36. The Balaban J connectivity index is 0.00000341. The minimum atomic E-state index is -3.39. The molecule has 2 heterocycles. The molecule has 0 amide bonds. The number of hydrogen-bond acceptors (Lipinski definition) is 5. The van der Waals surface area contributed by atoms with Crippen LogP contribution in [0.15, 0.2) is 34.2 Å². The summed E-state index contributed by atoms with van der Waals surface area (Å²) in [5.41, 5.74) is 2.01. The number of halogens is 1. The zero-order valence-electron chi connectivity index (χ0n) is 18.3. The van der Waals surface area contributed by atoms with E-state index in [1.807, 2.05) is 32.9 Å². The Labute approximate surface area is 206 Å². The third-order valence-corrected chi connectivity index (χ3v) is 8.04. The van der Waals surface area contributed by atoms with Crippen LogP contribution in [0.1, 0.15) is 47.3 Å². The smallest absolute Gasteiger partial charge is 0.243 e. The van der Waals surface area contributed by atoms with Gasteiger partial charge < -0.3 is 10.6 Å². The summed E-state index contributed by atoms with van der Waals surface area (Å²) in [7, 11) is -3.39. The van der Waals surface area contributed by atoms with Gasteiger partial charge in [-0.15, -0.1) is 35.3 Å². The van der Waals surface area contributed by atoms with E-state index in [0.717, 1.165) is 48.0 Å². The number of nitrogens with one attached hydrogen (secondary N) is 2. The van der Waals surface area contributed by atoms with Gasteiger partial charge in [-0.1, -0.05) is 18.6 Å². The second-order valence-electron chi connectivity index (χ2n) is 7.40. The third kappa shape index (κ3) is 7.13. The SMILES string of the molecule is CCNC(=NCc1ccc(S(=O)(=O)N2CCCCC2)cc1)NCc1sc(C)nc1C.I. The van der Waals surface area contributed by atoms with Gasteiger partial charge in [0.15, 0.2) is 5.96 Å². The van der Waals surface area contributed by atoms with E-state index in [2.05, 4.69) is 20.6 Å². The van der Waals surface area contributed by atoms with Crippen molar-refractivity contribution >= 4 is 51.3 Å². The fraction of sp³-hybridized carbons (Fsp3) is 0.524. The zero-order valence-corrected chi connectivity index (χ0v) is 22.3. The monoisotopic (exact) mass is 577 g/mol. The molecule has 172 valence electrons. The summed E-state index contributed by atoms with van der Waals surface area (Å²) < 4.78 is 27.1. The average Bonchev–Trinajstić information content (AvgIpc) is 3.08. The van der Waals surface area contributed by atoms with Gasteiger partial charge in [-0.2, -0.15) is 4.31 Å². The number of thiazole rings is 1. The van der Waals surface area contributed by atoms with Gasteiger partial charge in [0.1, 0.15) is 0 Å². The van der Waals surface area contributed by atoms with E-state index in [4.69, 9.17) is 0 Å². The van der Waals surface area contributed by atoms with Gasteiger partial charge in [-0.25, -0.2) is 18.4 Å². The molecule has 2 N–H and O–H groups in total. The summed E-state index contributed by atoms with van der Waals surface area (Å²) in [4.78, 5) is 10.7. The van der Waals surface area contributed by atoms with Crippen LogP contribution in [0.4, 0.5) is 0 Å². The maximum Gasteiger partial charge on any atom is 0.243 e. The highest BCUT2D eigenvalue weighted by Gasteiger charge is 2.25. The van der Waals surface area contributed by atoms with Gasteiger partial charge in [-0.05, 0) is 51.3 Å². The molecule has 1 aliphatic heterocycles. The number of aliphatic imine (C=N–C) groups is 1. The Morgan fingerprint density at radius 3 is 2.39 bits per heavy atom. The van der Waals surface area contributed by atoms with E-state index in [-0.39, 0.29) is 24.0 Å². The molecule has 0 radical (unpaired) electrons. The summed E-state index contributed by atoms with van der Waals surface area (Å²) in [6.45, 7) is 9.20. The highest BCUT2D eigenvalue weighted by molar-refractivity contribution is 14.0. The zero-order chi connectivity index (χ0) is 21.6. The summed E-state index contributed by atoms with van der Waals surface area (Å²) in [6, 6.07) is 7.08. The molecule has 1 saturated heterocycles. The Kier molecular flexibility index (Phi) is 10.2. The van der Waals surface area contributed by atoms with Crippen molar-refractivity contribution < 1.29 is 8.42 Å². The van der Waals surface area contributed by atoms with Crippen molar-refractivity contribution in [1.82, 2.24) is 19.9 Å². The van der Waals surface area contributed by atoms with Crippen LogP contribution < -0.4 is 10.6 Å². The number of hydrogen-bond donors (Lipinski definition) is 2. The number of guanidine groups is 1. The fourth-order valence-electron chi connectivity index (χ4n) is 3.43. The van der Waals surface area contributed by atoms with Crippen LogP contribution in [0.5, 0.6) is 0 Å². The molecule has 0 atom stereocenters. The van der Waals surface area contributed by atoms with E-state index < -0.39 is 10.0 Å². The molecule has 0 bridgehead atoms. The molecule has 1 aromatic carbocycles. The molecular formula is C21H32IN5O2S2. The van der Waals surface area contributed by atoms with Crippen LogP contribution >= 0.6 is 35.3 Å². The number of benzene rings is 1. The van der Waals surface area contributed by atoms with E-state index >= 15 is 0 Å². The second kappa shape index (κ2) is 12.1. The van der Waals surface area contributed by atoms with Crippen LogP contribution in [-0.4, -0.2) is 43.3 Å². The Bertz CT molecular complexity index is 968. The first-order chi connectivity index (χ1) is 14.4. The van der Waals surface area contributed by atoms with E-state index in [1.54, 1.807) is 27.8 Å². The Morgan fingerprint density at radius 2 is 1.81 bits per heavy atom. The lowest BCUT2D eigenvalue weighted by Gasteiger charge is -2.25. The van der Waals surface area contributed by atoms with Crippen molar-refractivity contribution in [3.8, 4) is 0 Å². The number of piperidine rings is 1. The first-order valence-corrected chi connectivity index (χ1v) is 12.7. The molecule has 10 heteroatoms. The molecule has 0 spiro atoms. The lowest BCUT2D eigenvalue weighted by atomic mass is 10.2. The summed E-state index contributed by atoms with van der Waals surface area (Å²) in [5.74, 6) is 0.730. The maximum atomic E-state index is 12.8. The molecular weight excluding hydrogens is 545 g/mol. The van der Waals surface area contributed by atoms with Crippen molar-refractivity contribution in [2.75, 3.05) is 19.6 Å². The Hall–Kier alpha value is -1.24. The minimum absolute atomic E-state index is 0. The topological polar surface area (TPSA) is 86.7 Å². The van der Waals surface area contributed by atoms with Crippen molar-refractivity contribution in [3.63, 3.8) is 0 Å². The minimum Gasteiger partial charge on any atom is -0.357 e. The maximum absolute atomic E-state index is 12.8. The molecule has 1 aliphatic rings. The van der Waals surface area contributed by atoms with Crippen molar-refractivity contribution in [2.45, 2.75) is 58.0 Å². The first kappa shape index (κ1) is 26.0. The molecule has 0 saturated carbocycles. The summed E-state index contributed by atoms with van der Waals surface area (Å²) in [6.07, 6.45) is 2.98. The fourth-order valence-corrected chi connectivity index (χ4v) is 5.83. The van der Waals surface area contributed by atoms with Crippen molar-refractivity contribution in [1.29, 1.82) is 0 Å². The average molecular weight is 578 g/mol. The van der Waals surface area contributed by atoms with Crippen molar-refractivity contribution in [3.05, 3.63) is 45.4 Å². The molecule has 3 rings (SSSR count). The van der Waals surface area contributed by atoms with E-state index in [0.29, 0.717) is 31.1 Å². The number of aryl methyl sites for hydroxylation is 2. The molecule has 31 heavy (non-hydrogen) atoms. The van der Waals surface area contributed by atoms with Gasteiger partial charge in [0, 0.05) is 24.5 Å². The molecule has 1 aromatic heterocycles. The predicted octanol–water partition coefficient (Wildman–Crippen LogP) is 3.81. The quantitative estimate of drug-likeness (QED) is 0.297. The summed E-state index contributed by atoms with van der Waals surface area (Å²) >= 11 is 1.69. The number of aromatic nitrogens is 1. The highest BCUT2D eigenvalue weighted by atomic mass is 127. The van der Waals surface area contributed by atoms with Crippen LogP contribution in [-0.2, 0) is 23.1 Å². The summed E-state index contributed by atoms with van der Waals surface area (Å²) in [5, 5.41) is 7.66. The van der Waals surface area contributed by atoms with Gasteiger partial charge in [0.05, 0.1) is 28.7 Å². The van der Waals surface area contributed by atoms with Crippen LogP contribution in [0, 0.1) is 13.8 Å². The molecule has 1 fully saturated rings. The first-order valence-electron chi connectivity index (χ1n) is 10.4. The van der Waals surface area contributed by atoms with Crippen LogP contribution in [0.25, 0.3) is 0 Å². The number of nitrogens with zero attached hydrogens (tertiary/aromatic N) is 3.